The van der Waals surface area contributed by atoms with Crippen LogP contribution in [0.3, 0.4) is 0 Å². The zero-order chi connectivity index (χ0) is 23.0. The van der Waals surface area contributed by atoms with Crippen LogP contribution in [0.15, 0.2) is 70.9 Å². The first kappa shape index (κ1) is 23.9. The number of rotatable bonds is 4. The first-order valence-electron chi connectivity index (χ1n) is 9.49. The Morgan fingerprint density at radius 3 is 1.48 bits per heavy atom. The average Bonchev–Trinajstić information content (AvgIpc) is 3.07. The Labute approximate surface area is 183 Å². The van der Waals surface area contributed by atoms with E-state index in [0.717, 1.165) is 34.5 Å². The third kappa shape index (κ3) is 5.95. The molecule has 2 aromatic carbocycles. The summed E-state index contributed by atoms with van der Waals surface area (Å²) >= 11 is 1.68. The number of halogens is 6. The molecule has 2 aromatic rings. The van der Waals surface area contributed by atoms with Crippen molar-refractivity contribution in [2.75, 3.05) is 0 Å². The van der Waals surface area contributed by atoms with E-state index < -0.39 is 31.4 Å². The van der Waals surface area contributed by atoms with Crippen LogP contribution >= 0.6 is 19.7 Å². The van der Waals surface area contributed by atoms with Crippen LogP contribution in [-0.4, -0.2) is 4.75 Å². The first-order valence-corrected chi connectivity index (χ1v) is 11.6. The number of allylic oxidation sites excluding steroid dienone is 4. The van der Waals surface area contributed by atoms with Crippen LogP contribution in [0.2, 0.25) is 0 Å². The lowest BCUT2D eigenvalue weighted by atomic mass is 10.2. The van der Waals surface area contributed by atoms with Crippen LogP contribution < -0.4 is 10.6 Å². The van der Waals surface area contributed by atoms with Crippen molar-refractivity contribution < 1.29 is 26.3 Å². The minimum absolute atomic E-state index is 0.0755. The van der Waals surface area contributed by atoms with Gasteiger partial charge in [0.2, 0.25) is 0 Å². The number of hydrogen-bond donors (Lipinski definition) is 0. The molecule has 1 aliphatic carbocycles. The molecule has 0 radical (unpaired) electrons. The van der Waals surface area contributed by atoms with E-state index in [1.54, 1.807) is 11.8 Å². The van der Waals surface area contributed by atoms with Crippen LogP contribution in [-0.2, 0) is 12.4 Å². The van der Waals surface area contributed by atoms with Gasteiger partial charge < -0.3 is 0 Å². The van der Waals surface area contributed by atoms with Gasteiger partial charge in [-0.1, -0.05) is 57.2 Å². The van der Waals surface area contributed by atoms with E-state index in [2.05, 4.69) is 20.8 Å². The zero-order valence-electron chi connectivity index (χ0n) is 17.1. The van der Waals surface area contributed by atoms with Crippen molar-refractivity contribution in [3.63, 3.8) is 0 Å². The molecular weight excluding hydrogens is 453 g/mol. The molecule has 0 spiro atoms. The molecule has 31 heavy (non-hydrogen) atoms. The molecule has 0 saturated carbocycles. The Bertz CT molecular complexity index is 920. The lowest BCUT2D eigenvalue weighted by Crippen LogP contribution is -2.16. The second-order valence-electron chi connectivity index (χ2n) is 8.05. The van der Waals surface area contributed by atoms with Crippen molar-refractivity contribution in [3.8, 4) is 0 Å². The van der Waals surface area contributed by atoms with Gasteiger partial charge in [-0.05, 0) is 59.4 Å². The highest BCUT2D eigenvalue weighted by Gasteiger charge is 2.33. The van der Waals surface area contributed by atoms with Gasteiger partial charge in [0.1, 0.15) is 0 Å². The summed E-state index contributed by atoms with van der Waals surface area (Å²) in [6, 6.07) is 9.87. The molecular formula is C23H21F6PS. The lowest BCUT2D eigenvalue weighted by Gasteiger charge is -2.25. The molecule has 0 bridgehead atoms. The molecule has 3 rings (SSSR count). The van der Waals surface area contributed by atoms with Crippen molar-refractivity contribution in [2.24, 2.45) is 0 Å². The molecule has 0 N–H and O–H groups in total. The van der Waals surface area contributed by atoms with Crippen LogP contribution in [0.4, 0.5) is 26.3 Å². The summed E-state index contributed by atoms with van der Waals surface area (Å²) in [7, 11) is -1.30. The standard InChI is InChI=1S/C23H21F6PS/c1-21(2,3)31-20-6-4-5-19(20)30(17-11-7-15(8-12-17)22(24,25)26)18-13-9-16(10-14-18)23(27,28)29/h4-5,7-14H,6H2,1-3H3. The molecule has 166 valence electrons. The third-order valence-corrected chi connectivity index (χ3v) is 8.37. The maximum atomic E-state index is 13.0. The summed E-state index contributed by atoms with van der Waals surface area (Å²) in [4.78, 5) is 1.10. The number of benzene rings is 2. The van der Waals surface area contributed by atoms with Crippen LogP contribution in [0.5, 0.6) is 0 Å². The van der Waals surface area contributed by atoms with Crippen molar-refractivity contribution in [1.82, 2.24) is 0 Å². The van der Waals surface area contributed by atoms with Gasteiger partial charge in [0, 0.05) is 4.75 Å². The van der Waals surface area contributed by atoms with Gasteiger partial charge in [0.05, 0.1) is 11.1 Å². The monoisotopic (exact) mass is 474 g/mol. The third-order valence-electron chi connectivity index (χ3n) is 4.44. The molecule has 8 heteroatoms. The quantitative estimate of drug-likeness (QED) is 0.321. The fourth-order valence-corrected chi connectivity index (χ4v) is 7.01. The van der Waals surface area contributed by atoms with Crippen molar-refractivity contribution >= 4 is 30.3 Å². The van der Waals surface area contributed by atoms with Gasteiger partial charge in [0.25, 0.3) is 0 Å². The predicted molar refractivity (Wildman–Crippen MR) is 117 cm³/mol. The molecule has 0 aliphatic heterocycles. The molecule has 0 heterocycles. The summed E-state index contributed by atoms with van der Waals surface area (Å²) < 4.78 is 78.1. The number of hydrogen-bond acceptors (Lipinski definition) is 1. The van der Waals surface area contributed by atoms with Gasteiger partial charge in [-0.2, -0.15) is 26.3 Å². The molecule has 1 aliphatic rings. The summed E-state index contributed by atoms with van der Waals surface area (Å²) in [5.41, 5.74) is -1.50. The smallest absolute Gasteiger partial charge is 0.166 e. The van der Waals surface area contributed by atoms with E-state index in [1.165, 1.54) is 24.3 Å². The highest BCUT2D eigenvalue weighted by Crippen LogP contribution is 2.52. The minimum atomic E-state index is -4.45. The lowest BCUT2D eigenvalue weighted by molar-refractivity contribution is -0.138. The Morgan fingerprint density at radius 2 is 1.13 bits per heavy atom. The number of alkyl halides is 6. The van der Waals surface area contributed by atoms with E-state index in [9.17, 15) is 26.3 Å². The van der Waals surface area contributed by atoms with Crippen LogP contribution in [0.1, 0.15) is 38.3 Å². The summed E-state index contributed by atoms with van der Waals surface area (Å²) in [6.07, 6.45) is -4.25. The van der Waals surface area contributed by atoms with Gasteiger partial charge >= 0.3 is 12.4 Å². The zero-order valence-corrected chi connectivity index (χ0v) is 18.8. The Balaban J connectivity index is 2.10. The normalized spacial score (nSPS) is 15.3. The molecule has 0 fully saturated rings. The predicted octanol–water partition coefficient (Wildman–Crippen LogP) is 7.86. The summed E-state index contributed by atoms with van der Waals surface area (Å²) in [5, 5.41) is 2.29. The van der Waals surface area contributed by atoms with E-state index in [4.69, 9.17) is 0 Å². The number of thioether (sulfide) groups is 1. The topological polar surface area (TPSA) is 0 Å². The van der Waals surface area contributed by atoms with Crippen molar-refractivity contribution in [3.05, 3.63) is 82.0 Å². The van der Waals surface area contributed by atoms with E-state index in [-0.39, 0.29) is 4.75 Å². The van der Waals surface area contributed by atoms with Crippen molar-refractivity contribution in [2.45, 2.75) is 44.3 Å². The molecule has 0 saturated heterocycles. The fraction of sp³-hybridized carbons (Fsp3) is 0.304. The van der Waals surface area contributed by atoms with Crippen molar-refractivity contribution in [1.29, 1.82) is 0 Å². The van der Waals surface area contributed by atoms with E-state index in [0.29, 0.717) is 17.0 Å². The van der Waals surface area contributed by atoms with Gasteiger partial charge in [-0.25, -0.2) is 0 Å². The second kappa shape index (κ2) is 8.67. The van der Waals surface area contributed by atoms with Crippen LogP contribution in [0, 0.1) is 0 Å². The molecule has 0 nitrogen and oxygen atoms in total. The maximum Gasteiger partial charge on any atom is 0.416 e. The van der Waals surface area contributed by atoms with E-state index >= 15 is 0 Å². The van der Waals surface area contributed by atoms with Gasteiger partial charge in [0.15, 0.2) is 0 Å². The Morgan fingerprint density at radius 1 is 0.710 bits per heavy atom. The van der Waals surface area contributed by atoms with Gasteiger partial charge in [-0.15, -0.1) is 11.8 Å². The Hall–Kier alpha value is -1.72. The molecule has 0 atom stereocenters. The SMILES string of the molecule is CC(C)(C)SC1=C(P(c2ccc(C(F)(F)F)cc2)c2ccc(C(F)(F)F)cc2)C=CC1. The average molecular weight is 474 g/mol. The minimum Gasteiger partial charge on any atom is -0.166 e. The summed E-state index contributed by atoms with van der Waals surface area (Å²) in [5.74, 6) is 0. The fourth-order valence-electron chi connectivity index (χ4n) is 3.16. The molecule has 0 aromatic heterocycles. The van der Waals surface area contributed by atoms with Gasteiger partial charge in [-0.3, -0.25) is 0 Å². The molecule has 0 unspecified atom stereocenters. The highest BCUT2D eigenvalue weighted by atomic mass is 32.2. The van der Waals surface area contributed by atoms with Crippen LogP contribution in [0.25, 0.3) is 0 Å². The second-order valence-corrected chi connectivity index (χ2v) is 12.2. The first-order chi connectivity index (χ1) is 14.3. The Kier molecular flexibility index (Phi) is 6.69. The maximum absolute atomic E-state index is 13.0. The molecule has 0 amide bonds. The highest BCUT2D eigenvalue weighted by molar-refractivity contribution is 8.04. The largest absolute Gasteiger partial charge is 0.416 e. The van der Waals surface area contributed by atoms with E-state index in [1.807, 2.05) is 12.2 Å². The summed E-state index contributed by atoms with van der Waals surface area (Å²) in [6.45, 7) is 6.21.